The molecule has 1 fully saturated rings. The maximum Gasteiger partial charge on any atom is 0.153 e. The molecule has 1 atom stereocenters. The van der Waals surface area contributed by atoms with Crippen LogP contribution in [0.3, 0.4) is 0 Å². The van der Waals surface area contributed by atoms with Crippen molar-refractivity contribution in [1.82, 2.24) is 19.9 Å². The van der Waals surface area contributed by atoms with Gasteiger partial charge in [0.2, 0.25) is 0 Å². The number of hydrogen-bond acceptors (Lipinski definition) is 6. The molecule has 4 rings (SSSR count). The quantitative estimate of drug-likeness (QED) is 0.789. The number of nitrogens with two attached hydrogens (primary N) is 1. The Morgan fingerprint density at radius 1 is 1.24 bits per heavy atom. The highest BCUT2D eigenvalue weighted by atomic mass is 16.5. The lowest BCUT2D eigenvalue weighted by molar-refractivity contribution is 0.156. The van der Waals surface area contributed by atoms with Crippen molar-refractivity contribution in [3.63, 3.8) is 0 Å². The van der Waals surface area contributed by atoms with E-state index in [1.807, 2.05) is 12.1 Å². The SMILES string of the molecule is CN(Cc1cccc(-c2ccc3ncnc(N)c3n2)c1)C1CCOC1. The summed E-state index contributed by atoms with van der Waals surface area (Å²) in [5.74, 6) is 0.406. The second-order valence-corrected chi connectivity index (χ2v) is 6.46. The van der Waals surface area contributed by atoms with Crippen molar-refractivity contribution in [2.45, 2.75) is 19.0 Å². The highest BCUT2D eigenvalue weighted by molar-refractivity contribution is 5.85. The maximum absolute atomic E-state index is 5.94. The number of anilines is 1. The number of ether oxygens (including phenoxy) is 1. The molecule has 1 aliphatic rings. The van der Waals surface area contributed by atoms with Gasteiger partial charge in [0.15, 0.2) is 5.82 Å². The van der Waals surface area contributed by atoms with Crippen LogP contribution in [0.5, 0.6) is 0 Å². The fourth-order valence-electron chi connectivity index (χ4n) is 3.24. The van der Waals surface area contributed by atoms with Crippen molar-refractivity contribution in [3.8, 4) is 11.3 Å². The molecule has 25 heavy (non-hydrogen) atoms. The first-order valence-electron chi connectivity index (χ1n) is 8.45. The molecule has 128 valence electrons. The van der Waals surface area contributed by atoms with E-state index in [0.717, 1.165) is 43.0 Å². The Bertz CT molecular complexity index is 892. The third-order valence-corrected chi connectivity index (χ3v) is 4.69. The molecule has 0 spiro atoms. The van der Waals surface area contributed by atoms with E-state index in [1.165, 1.54) is 11.9 Å². The van der Waals surface area contributed by atoms with Crippen molar-refractivity contribution in [2.24, 2.45) is 0 Å². The lowest BCUT2D eigenvalue weighted by Gasteiger charge is -2.23. The van der Waals surface area contributed by atoms with Crippen molar-refractivity contribution in [2.75, 3.05) is 26.0 Å². The molecule has 1 aliphatic heterocycles. The Hall–Kier alpha value is -2.57. The highest BCUT2D eigenvalue weighted by Crippen LogP contribution is 2.24. The van der Waals surface area contributed by atoms with Crippen LogP contribution >= 0.6 is 0 Å². The number of nitrogens with zero attached hydrogens (tertiary/aromatic N) is 4. The predicted octanol–water partition coefficient (Wildman–Crippen LogP) is 2.49. The normalized spacial score (nSPS) is 17.4. The molecule has 6 heteroatoms. The fourth-order valence-corrected chi connectivity index (χ4v) is 3.24. The summed E-state index contributed by atoms with van der Waals surface area (Å²) >= 11 is 0. The second-order valence-electron chi connectivity index (χ2n) is 6.46. The molecule has 1 unspecified atom stereocenters. The number of fused-ring (bicyclic) bond motifs is 1. The smallest absolute Gasteiger partial charge is 0.153 e. The van der Waals surface area contributed by atoms with Crippen LogP contribution in [0.1, 0.15) is 12.0 Å². The standard InChI is InChI=1S/C19H21N5O/c1-24(15-7-8-25-11-15)10-13-3-2-4-14(9-13)16-5-6-17-18(23-16)19(20)22-12-21-17/h2-6,9,12,15H,7-8,10-11H2,1H3,(H2,20,21,22). The molecule has 1 aromatic carbocycles. The minimum Gasteiger partial charge on any atom is -0.382 e. The van der Waals surface area contributed by atoms with Gasteiger partial charge in [-0.25, -0.2) is 15.0 Å². The van der Waals surface area contributed by atoms with Crippen LogP contribution in [0.4, 0.5) is 5.82 Å². The number of likely N-dealkylation sites (N-methyl/N-ethyl adjacent to an activating group) is 1. The second kappa shape index (κ2) is 6.74. The lowest BCUT2D eigenvalue weighted by Crippen LogP contribution is -2.31. The summed E-state index contributed by atoms with van der Waals surface area (Å²) in [5.41, 5.74) is 10.5. The molecule has 0 amide bonds. The maximum atomic E-state index is 5.94. The Balaban J connectivity index is 1.61. The fraction of sp³-hybridized carbons (Fsp3) is 0.316. The lowest BCUT2D eigenvalue weighted by atomic mass is 10.1. The summed E-state index contributed by atoms with van der Waals surface area (Å²) in [6, 6.07) is 12.9. The van der Waals surface area contributed by atoms with Gasteiger partial charge in [-0.15, -0.1) is 0 Å². The van der Waals surface area contributed by atoms with Gasteiger partial charge in [0.1, 0.15) is 11.8 Å². The van der Waals surface area contributed by atoms with Crippen LogP contribution in [0, 0.1) is 0 Å². The third-order valence-electron chi connectivity index (χ3n) is 4.69. The van der Waals surface area contributed by atoms with Gasteiger partial charge >= 0.3 is 0 Å². The first-order valence-corrected chi connectivity index (χ1v) is 8.45. The molecule has 1 saturated heterocycles. The zero-order valence-corrected chi connectivity index (χ0v) is 14.2. The van der Waals surface area contributed by atoms with Gasteiger partial charge in [0.25, 0.3) is 0 Å². The summed E-state index contributed by atoms with van der Waals surface area (Å²) in [7, 11) is 2.15. The summed E-state index contributed by atoms with van der Waals surface area (Å²) in [5, 5.41) is 0. The Morgan fingerprint density at radius 3 is 3.00 bits per heavy atom. The molecule has 0 bridgehead atoms. The van der Waals surface area contributed by atoms with Gasteiger partial charge < -0.3 is 10.5 Å². The van der Waals surface area contributed by atoms with E-state index in [2.05, 4.69) is 51.2 Å². The molecule has 0 radical (unpaired) electrons. The summed E-state index contributed by atoms with van der Waals surface area (Å²) < 4.78 is 5.49. The van der Waals surface area contributed by atoms with Gasteiger partial charge in [-0.1, -0.05) is 18.2 Å². The molecule has 2 aromatic heterocycles. The van der Waals surface area contributed by atoms with E-state index >= 15 is 0 Å². The highest BCUT2D eigenvalue weighted by Gasteiger charge is 2.20. The number of benzene rings is 1. The number of aromatic nitrogens is 3. The Kier molecular flexibility index (Phi) is 4.29. The molecule has 2 N–H and O–H groups in total. The summed E-state index contributed by atoms with van der Waals surface area (Å²) in [6.07, 6.45) is 2.56. The van der Waals surface area contributed by atoms with Crippen LogP contribution in [-0.2, 0) is 11.3 Å². The number of nitrogen functional groups attached to an aromatic ring is 1. The van der Waals surface area contributed by atoms with Crippen LogP contribution in [0.25, 0.3) is 22.3 Å². The Morgan fingerprint density at radius 2 is 2.16 bits per heavy atom. The van der Waals surface area contributed by atoms with E-state index in [0.29, 0.717) is 17.4 Å². The molecular formula is C19H21N5O. The van der Waals surface area contributed by atoms with Crippen molar-refractivity contribution in [3.05, 3.63) is 48.3 Å². The molecule has 0 saturated carbocycles. The summed E-state index contributed by atoms with van der Waals surface area (Å²) in [4.78, 5) is 15.2. The van der Waals surface area contributed by atoms with Gasteiger partial charge in [-0.3, -0.25) is 4.90 Å². The summed E-state index contributed by atoms with van der Waals surface area (Å²) in [6.45, 7) is 2.57. The minimum absolute atomic E-state index is 0.406. The number of rotatable bonds is 4. The average molecular weight is 335 g/mol. The van der Waals surface area contributed by atoms with Crippen LogP contribution in [-0.4, -0.2) is 46.2 Å². The minimum atomic E-state index is 0.406. The molecule has 0 aliphatic carbocycles. The first kappa shape index (κ1) is 15.9. The van der Waals surface area contributed by atoms with Crippen LogP contribution in [0.15, 0.2) is 42.7 Å². The largest absolute Gasteiger partial charge is 0.382 e. The molecule has 3 heterocycles. The van der Waals surface area contributed by atoms with Gasteiger partial charge in [0, 0.05) is 24.8 Å². The topological polar surface area (TPSA) is 77.2 Å². The van der Waals surface area contributed by atoms with Crippen molar-refractivity contribution < 1.29 is 4.74 Å². The van der Waals surface area contributed by atoms with Gasteiger partial charge in [-0.2, -0.15) is 0 Å². The van der Waals surface area contributed by atoms with E-state index < -0.39 is 0 Å². The van der Waals surface area contributed by atoms with Crippen molar-refractivity contribution in [1.29, 1.82) is 0 Å². The monoisotopic (exact) mass is 335 g/mol. The van der Waals surface area contributed by atoms with E-state index in [9.17, 15) is 0 Å². The number of hydrogen-bond donors (Lipinski definition) is 1. The first-order chi connectivity index (χ1) is 12.2. The van der Waals surface area contributed by atoms with E-state index in [1.54, 1.807) is 0 Å². The van der Waals surface area contributed by atoms with Gasteiger partial charge in [0.05, 0.1) is 17.8 Å². The zero-order chi connectivity index (χ0) is 17.2. The van der Waals surface area contributed by atoms with Crippen LogP contribution < -0.4 is 5.73 Å². The molecule has 3 aromatic rings. The van der Waals surface area contributed by atoms with Gasteiger partial charge in [-0.05, 0) is 37.2 Å². The Labute approximate surface area is 146 Å². The predicted molar refractivity (Wildman–Crippen MR) is 97.9 cm³/mol. The van der Waals surface area contributed by atoms with E-state index in [-0.39, 0.29) is 0 Å². The van der Waals surface area contributed by atoms with Crippen molar-refractivity contribution >= 4 is 16.9 Å². The van der Waals surface area contributed by atoms with Crippen LogP contribution in [0.2, 0.25) is 0 Å². The number of pyridine rings is 1. The molecular weight excluding hydrogens is 314 g/mol. The van der Waals surface area contributed by atoms with E-state index in [4.69, 9.17) is 10.5 Å². The zero-order valence-electron chi connectivity index (χ0n) is 14.2. The third kappa shape index (κ3) is 3.31. The average Bonchev–Trinajstić information content (AvgIpc) is 3.17. The molecule has 6 nitrogen and oxygen atoms in total.